The van der Waals surface area contributed by atoms with E-state index in [1.165, 1.54) is 24.3 Å². The van der Waals surface area contributed by atoms with Crippen LogP contribution in [0.15, 0.2) is 24.3 Å². The third-order valence-electron chi connectivity index (χ3n) is 3.43. The smallest absolute Gasteiger partial charge is 0.387 e. The summed E-state index contributed by atoms with van der Waals surface area (Å²) in [6.07, 6.45) is 1.30. The van der Waals surface area contributed by atoms with Crippen molar-refractivity contribution >= 4 is 17.5 Å². The van der Waals surface area contributed by atoms with Gasteiger partial charge in [-0.1, -0.05) is 0 Å². The van der Waals surface area contributed by atoms with E-state index in [4.69, 9.17) is 16.3 Å². The predicted octanol–water partition coefficient (Wildman–Crippen LogP) is 2.81. The highest BCUT2D eigenvalue weighted by Gasteiger charge is 2.33. The number of rotatable bonds is 5. The maximum atomic E-state index is 12.2. The van der Waals surface area contributed by atoms with Gasteiger partial charge in [-0.15, -0.1) is 11.6 Å². The molecule has 1 aliphatic rings. The first-order valence-corrected chi connectivity index (χ1v) is 7.09. The second-order valence-electron chi connectivity index (χ2n) is 4.88. The second kappa shape index (κ2) is 7.04. The van der Waals surface area contributed by atoms with Gasteiger partial charge in [0.15, 0.2) is 0 Å². The summed E-state index contributed by atoms with van der Waals surface area (Å²) in [4.78, 5) is 12.2. The molecular formula is C14H16ClF2NO3. The zero-order valence-electron chi connectivity index (χ0n) is 11.3. The molecule has 0 atom stereocenters. The highest BCUT2D eigenvalue weighted by molar-refractivity contribution is 6.19. The monoisotopic (exact) mass is 319 g/mol. The average molecular weight is 320 g/mol. The molecule has 1 saturated heterocycles. The molecule has 1 N–H and O–H groups in total. The van der Waals surface area contributed by atoms with Crippen LogP contribution in [0.5, 0.6) is 5.75 Å². The van der Waals surface area contributed by atoms with Crippen LogP contribution < -0.4 is 10.1 Å². The molecule has 1 aliphatic heterocycles. The third-order valence-corrected chi connectivity index (χ3v) is 3.94. The van der Waals surface area contributed by atoms with Crippen molar-refractivity contribution in [3.05, 3.63) is 29.8 Å². The summed E-state index contributed by atoms with van der Waals surface area (Å²) < 4.78 is 33.6. The molecule has 0 spiro atoms. The minimum absolute atomic E-state index is 0.0136. The Kier molecular flexibility index (Phi) is 5.36. The molecule has 0 aromatic heterocycles. The van der Waals surface area contributed by atoms with Crippen LogP contribution >= 0.6 is 11.6 Å². The summed E-state index contributed by atoms with van der Waals surface area (Å²) >= 11 is 5.98. The topological polar surface area (TPSA) is 47.6 Å². The molecule has 1 aromatic carbocycles. The van der Waals surface area contributed by atoms with Crippen molar-refractivity contribution in [2.75, 3.05) is 19.1 Å². The van der Waals surface area contributed by atoms with Crippen molar-refractivity contribution in [1.29, 1.82) is 0 Å². The summed E-state index contributed by atoms with van der Waals surface area (Å²) in [6.45, 7) is -1.78. The van der Waals surface area contributed by atoms with E-state index in [2.05, 4.69) is 10.1 Å². The van der Waals surface area contributed by atoms with E-state index in [1.54, 1.807) is 0 Å². The van der Waals surface area contributed by atoms with Gasteiger partial charge in [0.2, 0.25) is 0 Å². The van der Waals surface area contributed by atoms with E-state index in [1.807, 2.05) is 0 Å². The number of benzene rings is 1. The van der Waals surface area contributed by atoms with Gasteiger partial charge in [-0.25, -0.2) is 0 Å². The highest BCUT2D eigenvalue weighted by atomic mass is 35.5. The Bertz CT molecular complexity index is 476. The van der Waals surface area contributed by atoms with E-state index in [0.29, 0.717) is 37.5 Å². The molecule has 1 aromatic rings. The Hall–Kier alpha value is -1.40. The predicted molar refractivity (Wildman–Crippen MR) is 74.0 cm³/mol. The summed E-state index contributed by atoms with van der Waals surface area (Å²) in [5, 5.41) is 2.92. The number of carbonyl (C=O) groups is 1. The SMILES string of the molecule is O=C(NC1(CCl)CCOCC1)c1ccc(OC(F)F)cc1. The number of alkyl halides is 3. The van der Waals surface area contributed by atoms with E-state index in [0.717, 1.165) is 0 Å². The summed E-state index contributed by atoms with van der Waals surface area (Å²) in [7, 11) is 0. The number of hydrogen-bond donors (Lipinski definition) is 1. The zero-order chi connectivity index (χ0) is 15.3. The molecule has 0 radical (unpaired) electrons. The number of nitrogens with one attached hydrogen (secondary N) is 1. The minimum Gasteiger partial charge on any atom is -0.435 e. The van der Waals surface area contributed by atoms with Crippen molar-refractivity contribution < 1.29 is 23.0 Å². The van der Waals surface area contributed by atoms with Crippen LogP contribution in [-0.4, -0.2) is 37.2 Å². The first-order chi connectivity index (χ1) is 10.0. The number of ether oxygens (including phenoxy) is 2. The minimum atomic E-state index is -2.88. The van der Waals surface area contributed by atoms with Gasteiger partial charge < -0.3 is 14.8 Å². The van der Waals surface area contributed by atoms with Crippen LogP contribution in [0.25, 0.3) is 0 Å². The Labute approximate surface area is 126 Å². The average Bonchev–Trinajstić information content (AvgIpc) is 2.48. The van der Waals surface area contributed by atoms with Crippen LogP contribution in [0.4, 0.5) is 8.78 Å². The lowest BCUT2D eigenvalue weighted by Crippen LogP contribution is -2.53. The summed E-state index contributed by atoms with van der Waals surface area (Å²) in [5.41, 5.74) is -0.109. The molecule has 1 amide bonds. The van der Waals surface area contributed by atoms with E-state index in [9.17, 15) is 13.6 Å². The fraction of sp³-hybridized carbons (Fsp3) is 0.500. The van der Waals surface area contributed by atoms with Crippen LogP contribution in [0, 0.1) is 0 Å². The van der Waals surface area contributed by atoms with Gasteiger partial charge in [0.05, 0.1) is 5.54 Å². The van der Waals surface area contributed by atoms with Gasteiger partial charge in [-0.05, 0) is 37.1 Å². The molecule has 21 heavy (non-hydrogen) atoms. The van der Waals surface area contributed by atoms with Gasteiger partial charge in [-0.2, -0.15) is 8.78 Å². The Morgan fingerprint density at radius 2 is 1.95 bits per heavy atom. The third kappa shape index (κ3) is 4.28. The largest absolute Gasteiger partial charge is 0.435 e. The first kappa shape index (κ1) is 16.0. The molecule has 0 unspecified atom stereocenters. The van der Waals surface area contributed by atoms with Crippen molar-refractivity contribution in [2.45, 2.75) is 25.0 Å². The van der Waals surface area contributed by atoms with Crippen LogP contribution in [0.2, 0.25) is 0 Å². The van der Waals surface area contributed by atoms with Crippen LogP contribution in [-0.2, 0) is 4.74 Å². The maximum absolute atomic E-state index is 12.2. The fourth-order valence-electron chi connectivity index (χ4n) is 2.15. The van der Waals surface area contributed by atoms with Crippen LogP contribution in [0.1, 0.15) is 23.2 Å². The lowest BCUT2D eigenvalue weighted by atomic mass is 9.92. The fourth-order valence-corrected chi connectivity index (χ4v) is 2.49. The molecule has 0 aliphatic carbocycles. The molecule has 116 valence electrons. The van der Waals surface area contributed by atoms with Gasteiger partial charge in [0, 0.05) is 24.7 Å². The number of amides is 1. The summed E-state index contributed by atoms with van der Waals surface area (Å²) in [5.74, 6) is 0.0233. The number of carbonyl (C=O) groups excluding carboxylic acids is 1. The van der Waals surface area contributed by atoms with E-state index in [-0.39, 0.29) is 11.7 Å². The molecular weight excluding hydrogens is 304 g/mol. The molecule has 1 fully saturated rings. The Morgan fingerprint density at radius 1 is 1.33 bits per heavy atom. The van der Waals surface area contributed by atoms with Gasteiger partial charge >= 0.3 is 6.61 Å². The first-order valence-electron chi connectivity index (χ1n) is 6.56. The second-order valence-corrected chi connectivity index (χ2v) is 5.15. The molecule has 7 heteroatoms. The Balaban J connectivity index is 2.02. The molecule has 0 bridgehead atoms. The van der Waals surface area contributed by atoms with Crippen LogP contribution in [0.3, 0.4) is 0 Å². The molecule has 1 heterocycles. The van der Waals surface area contributed by atoms with Gasteiger partial charge in [0.25, 0.3) is 5.91 Å². The molecule has 2 rings (SSSR count). The molecule has 4 nitrogen and oxygen atoms in total. The quantitative estimate of drug-likeness (QED) is 0.849. The normalized spacial score (nSPS) is 17.5. The van der Waals surface area contributed by atoms with Crippen molar-refractivity contribution in [3.63, 3.8) is 0 Å². The maximum Gasteiger partial charge on any atom is 0.387 e. The van der Waals surface area contributed by atoms with Crippen molar-refractivity contribution in [3.8, 4) is 5.75 Å². The zero-order valence-corrected chi connectivity index (χ0v) is 12.0. The van der Waals surface area contributed by atoms with Gasteiger partial charge in [0.1, 0.15) is 5.75 Å². The number of halogens is 3. The van der Waals surface area contributed by atoms with Crippen molar-refractivity contribution in [2.24, 2.45) is 0 Å². The van der Waals surface area contributed by atoms with Gasteiger partial charge in [-0.3, -0.25) is 4.79 Å². The van der Waals surface area contributed by atoms with E-state index >= 15 is 0 Å². The van der Waals surface area contributed by atoms with E-state index < -0.39 is 12.2 Å². The lowest BCUT2D eigenvalue weighted by Gasteiger charge is -2.36. The Morgan fingerprint density at radius 3 is 2.48 bits per heavy atom. The summed E-state index contributed by atoms with van der Waals surface area (Å²) in [6, 6.07) is 5.54. The number of hydrogen-bond acceptors (Lipinski definition) is 3. The molecule has 0 saturated carbocycles. The standard InChI is InChI=1S/C14H16ClF2NO3/c15-9-14(5-7-20-8-6-14)18-12(19)10-1-3-11(4-2-10)21-13(16)17/h1-4,13H,5-9H2,(H,18,19). The highest BCUT2D eigenvalue weighted by Crippen LogP contribution is 2.23. The lowest BCUT2D eigenvalue weighted by molar-refractivity contribution is -0.0498. The van der Waals surface area contributed by atoms with Crippen molar-refractivity contribution in [1.82, 2.24) is 5.32 Å².